The van der Waals surface area contributed by atoms with E-state index in [9.17, 15) is 19.0 Å². The molecule has 0 aliphatic heterocycles. The summed E-state index contributed by atoms with van der Waals surface area (Å²) in [7, 11) is 1.13. The molecule has 0 aromatic heterocycles. The Bertz CT molecular complexity index is 1120. The van der Waals surface area contributed by atoms with Crippen LogP contribution in [0.2, 0.25) is 0 Å². The number of carbonyl (C=O) groups is 2. The Labute approximate surface area is 336 Å². The molecule has 9 nitrogen and oxygen atoms in total. The van der Waals surface area contributed by atoms with Crippen LogP contribution >= 0.6 is 7.82 Å². The summed E-state index contributed by atoms with van der Waals surface area (Å²) in [4.78, 5) is 37.5. The van der Waals surface area contributed by atoms with Gasteiger partial charge in [-0.2, -0.15) is 0 Å². The van der Waals surface area contributed by atoms with E-state index in [-0.39, 0.29) is 26.1 Å². The van der Waals surface area contributed by atoms with Crippen LogP contribution in [-0.2, 0) is 32.7 Å². The number of phosphoric ester groups is 1. The van der Waals surface area contributed by atoms with Crippen molar-refractivity contribution in [3.63, 3.8) is 0 Å². The fraction of sp³-hybridized carbons (Fsp3) is 0.733. The van der Waals surface area contributed by atoms with Crippen molar-refractivity contribution >= 4 is 19.8 Å². The van der Waals surface area contributed by atoms with Crippen molar-refractivity contribution in [1.29, 1.82) is 0 Å². The average molecular weight is 794 g/mol. The van der Waals surface area contributed by atoms with Gasteiger partial charge < -0.3 is 27.9 Å². The third-order valence-corrected chi connectivity index (χ3v) is 9.77. The summed E-state index contributed by atoms with van der Waals surface area (Å²) in [6, 6.07) is 0. The highest BCUT2D eigenvalue weighted by Gasteiger charge is 2.21. The molecule has 0 saturated carbocycles. The molecular weight excluding hydrogens is 713 g/mol. The molecule has 318 valence electrons. The predicted octanol–water partition coefficient (Wildman–Crippen LogP) is 11.4. The second kappa shape index (κ2) is 37.3. The molecule has 0 spiro atoms. The Morgan fingerprint density at radius 1 is 0.582 bits per heavy atom. The average Bonchev–Trinajstić information content (AvgIpc) is 3.13. The van der Waals surface area contributed by atoms with Crippen LogP contribution in [0, 0.1) is 0 Å². The van der Waals surface area contributed by atoms with Gasteiger partial charge in [0.2, 0.25) is 0 Å². The number of esters is 2. The lowest BCUT2D eigenvalue weighted by Crippen LogP contribution is -2.37. The van der Waals surface area contributed by atoms with Crippen LogP contribution in [0.25, 0.3) is 0 Å². The zero-order valence-electron chi connectivity index (χ0n) is 35.6. The van der Waals surface area contributed by atoms with Crippen molar-refractivity contribution in [3.05, 3.63) is 60.8 Å². The topological polar surface area (TPSA) is 111 Å². The smallest absolute Gasteiger partial charge is 0.306 e. The number of unbranched alkanes of at least 4 members (excludes halogenated alkanes) is 14. The molecule has 0 aliphatic rings. The van der Waals surface area contributed by atoms with Crippen LogP contribution in [0.1, 0.15) is 162 Å². The number of nitrogens with zero attached hydrogens (tertiary/aromatic N) is 1. The quantitative estimate of drug-likeness (QED) is 0.0200. The summed E-state index contributed by atoms with van der Waals surface area (Å²) >= 11 is 0. The molecule has 0 aromatic carbocycles. The maximum absolute atomic E-state index is 12.7. The van der Waals surface area contributed by atoms with Crippen molar-refractivity contribution in [3.8, 4) is 0 Å². The van der Waals surface area contributed by atoms with E-state index in [0.29, 0.717) is 23.9 Å². The molecule has 2 atom stereocenters. The van der Waals surface area contributed by atoms with Crippen molar-refractivity contribution in [1.82, 2.24) is 0 Å². The lowest BCUT2D eigenvalue weighted by atomic mass is 10.0. The maximum Gasteiger partial charge on any atom is 0.306 e. The first-order valence-electron chi connectivity index (χ1n) is 21.5. The zero-order valence-corrected chi connectivity index (χ0v) is 36.5. The van der Waals surface area contributed by atoms with E-state index in [0.717, 1.165) is 57.8 Å². The third-order valence-electron chi connectivity index (χ3n) is 8.80. The molecule has 0 aliphatic carbocycles. The van der Waals surface area contributed by atoms with E-state index >= 15 is 0 Å². The van der Waals surface area contributed by atoms with E-state index in [1.165, 1.54) is 64.2 Å². The third kappa shape index (κ3) is 41.2. The van der Waals surface area contributed by atoms with Crippen LogP contribution in [0.15, 0.2) is 60.8 Å². The van der Waals surface area contributed by atoms with Crippen molar-refractivity contribution in [2.45, 2.75) is 168 Å². The van der Waals surface area contributed by atoms with Gasteiger partial charge in [0.05, 0.1) is 27.7 Å². The zero-order chi connectivity index (χ0) is 40.7. The highest BCUT2D eigenvalue weighted by molar-refractivity contribution is 7.45. The first-order valence-corrected chi connectivity index (χ1v) is 23.0. The van der Waals surface area contributed by atoms with Crippen LogP contribution in [0.3, 0.4) is 0 Å². The van der Waals surface area contributed by atoms with Gasteiger partial charge in [0.1, 0.15) is 19.8 Å². The highest BCUT2D eigenvalue weighted by Crippen LogP contribution is 2.38. The lowest BCUT2D eigenvalue weighted by Gasteiger charge is -2.28. The summed E-state index contributed by atoms with van der Waals surface area (Å²) in [5.74, 6) is -0.904. The molecular formula is C45H80NO8P. The van der Waals surface area contributed by atoms with Gasteiger partial charge in [-0.05, 0) is 51.4 Å². The SMILES string of the molecule is CC/C=C/C/C=C/C/C=C/C/C=C/C/C=C/CCCC(=O)OC[C@H](COP(=O)([O-])OCC[N+](C)(C)C)OC(=O)CCCCCCCCCCCCCCCC. The number of likely N-dealkylation sites (N-methyl/N-ethyl adjacent to an activating group) is 1. The van der Waals surface area contributed by atoms with Crippen molar-refractivity contribution < 1.29 is 42.1 Å². The number of allylic oxidation sites excluding steroid dienone is 10. The molecule has 0 amide bonds. The van der Waals surface area contributed by atoms with Crippen LogP contribution in [0.4, 0.5) is 0 Å². The maximum atomic E-state index is 12.7. The first kappa shape index (κ1) is 52.7. The van der Waals surface area contributed by atoms with Gasteiger partial charge in [-0.25, -0.2) is 0 Å². The number of phosphoric acid groups is 1. The fourth-order valence-electron chi connectivity index (χ4n) is 5.45. The molecule has 0 bridgehead atoms. The van der Waals surface area contributed by atoms with Gasteiger partial charge in [0, 0.05) is 12.8 Å². The Kier molecular flexibility index (Phi) is 35.7. The van der Waals surface area contributed by atoms with Gasteiger partial charge in [-0.15, -0.1) is 0 Å². The molecule has 55 heavy (non-hydrogen) atoms. The molecule has 0 radical (unpaired) electrons. The number of hydrogen-bond acceptors (Lipinski definition) is 8. The van der Waals surface area contributed by atoms with Crippen LogP contribution in [-0.4, -0.2) is 70.0 Å². The monoisotopic (exact) mass is 794 g/mol. The second-order valence-electron chi connectivity index (χ2n) is 15.3. The summed E-state index contributed by atoms with van der Waals surface area (Å²) in [6.45, 7) is 4.04. The minimum absolute atomic E-state index is 0.0409. The highest BCUT2D eigenvalue weighted by atomic mass is 31.2. The van der Waals surface area contributed by atoms with Crippen molar-refractivity contribution in [2.75, 3.05) is 47.5 Å². The molecule has 0 heterocycles. The Morgan fingerprint density at radius 2 is 1.04 bits per heavy atom. The minimum Gasteiger partial charge on any atom is -0.756 e. The second-order valence-corrected chi connectivity index (χ2v) is 16.7. The first-order chi connectivity index (χ1) is 26.5. The normalized spacial score (nSPS) is 14.2. The molecule has 0 rings (SSSR count). The Balaban J connectivity index is 4.47. The van der Waals surface area contributed by atoms with E-state index in [2.05, 4.69) is 68.5 Å². The molecule has 0 aromatic rings. The Hall–Kier alpha value is -2.29. The fourth-order valence-corrected chi connectivity index (χ4v) is 6.18. The summed E-state index contributed by atoms with van der Waals surface area (Å²) in [5, 5.41) is 0. The number of carbonyl (C=O) groups excluding carboxylic acids is 2. The van der Waals surface area contributed by atoms with Gasteiger partial charge in [0.15, 0.2) is 6.10 Å². The predicted molar refractivity (Wildman–Crippen MR) is 226 cm³/mol. The van der Waals surface area contributed by atoms with Gasteiger partial charge in [0.25, 0.3) is 7.82 Å². The van der Waals surface area contributed by atoms with E-state index in [4.69, 9.17) is 18.5 Å². The summed E-state index contributed by atoms with van der Waals surface area (Å²) in [6.07, 6.45) is 43.9. The Morgan fingerprint density at radius 3 is 1.53 bits per heavy atom. The van der Waals surface area contributed by atoms with Gasteiger partial charge in [-0.1, -0.05) is 158 Å². The summed E-state index contributed by atoms with van der Waals surface area (Å²) in [5.41, 5.74) is 0. The summed E-state index contributed by atoms with van der Waals surface area (Å²) < 4.78 is 33.8. The van der Waals surface area contributed by atoms with Crippen LogP contribution in [0.5, 0.6) is 0 Å². The lowest BCUT2D eigenvalue weighted by molar-refractivity contribution is -0.870. The van der Waals surface area contributed by atoms with E-state index in [1.807, 2.05) is 27.2 Å². The van der Waals surface area contributed by atoms with E-state index < -0.39 is 32.5 Å². The van der Waals surface area contributed by atoms with E-state index in [1.54, 1.807) is 0 Å². The number of quaternary nitrogens is 1. The number of hydrogen-bond donors (Lipinski definition) is 0. The molecule has 0 saturated heterocycles. The molecule has 0 N–H and O–H groups in total. The van der Waals surface area contributed by atoms with Crippen molar-refractivity contribution in [2.24, 2.45) is 0 Å². The molecule has 10 heteroatoms. The molecule has 1 unspecified atom stereocenters. The van der Waals surface area contributed by atoms with Crippen LogP contribution < -0.4 is 4.89 Å². The number of rotatable bonds is 38. The van der Waals surface area contributed by atoms with Gasteiger partial charge >= 0.3 is 11.9 Å². The standard InChI is InChI=1S/C45H80NO8P/c1-6-8-10-12-14-16-18-20-22-23-24-26-27-29-31-33-35-37-44(47)51-41-43(42-53-55(49,50)52-40-39-46(3,4)5)54-45(48)38-36-34-32-30-28-25-21-19-17-15-13-11-9-7-2/h8,10,14,16,20,22,24,26,29,31,43H,6-7,9,11-13,15,17-19,21,23,25,27-28,30,32-42H2,1-5H3/b10-8+,16-14+,22-20+,26-24+,31-29+/t43-/m1/s1. The molecule has 0 fully saturated rings. The number of ether oxygens (including phenoxy) is 2. The largest absolute Gasteiger partial charge is 0.756 e. The minimum atomic E-state index is -4.64. The van der Waals surface area contributed by atoms with Gasteiger partial charge in [-0.3, -0.25) is 14.2 Å².